The zero-order chi connectivity index (χ0) is 15.6. The van der Waals surface area contributed by atoms with Gasteiger partial charge in [-0.25, -0.2) is 4.79 Å². The number of benzene rings is 1. The standard InChI is InChI=1S/C15H17NO5/c1-5-20-9(2)10-7-13-12(6-11(10)15(18)19-4)16(3)14(17)8-21-13/h6-7H,2,5,8H2,1,3-4H3. The van der Waals surface area contributed by atoms with Crippen molar-refractivity contribution in [3.8, 4) is 5.75 Å². The highest BCUT2D eigenvalue weighted by Gasteiger charge is 2.27. The second kappa shape index (κ2) is 5.87. The van der Waals surface area contributed by atoms with E-state index in [-0.39, 0.29) is 18.1 Å². The Bertz CT molecular complexity index is 608. The van der Waals surface area contributed by atoms with Crippen molar-refractivity contribution in [3.05, 3.63) is 29.8 Å². The number of likely N-dealkylation sites (N-methyl/N-ethyl adjacent to an activating group) is 1. The summed E-state index contributed by atoms with van der Waals surface area (Å²) in [7, 11) is 2.92. The summed E-state index contributed by atoms with van der Waals surface area (Å²) in [4.78, 5) is 25.1. The average molecular weight is 291 g/mol. The molecule has 6 nitrogen and oxygen atoms in total. The lowest BCUT2D eigenvalue weighted by Crippen LogP contribution is -2.35. The summed E-state index contributed by atoms with van der Waals surface area (Å²) in [6.45, 7) is 6.02. The first-order valence-corrected chi connectivity index (χ1v) is 6.47. The Morgan fingerprint density at radius 3 is 2.76 bits per heavy atom. The average Bonchev–Trinajstić information content (AvgIpc) is 2.49. The molecule has 1 aliphatic rings. The van der Waals surface area contributed by atoms with Crippen LogP contribution in [0.3, 0.4) is 0 Å². The van der Waals surface area contributed by atoms with Crippen molar-refractivity contribution in [2.24, 2.45) is 0 Å². The highest BCUT2D eigenvalue weighted by Crippen LogP contribution is 2.36. The number of hydrogen-bond acceptors (Lipinski definition) is 5. The number of carbonyl (C=O) groups excluding carboxylic acids is 2. The molecule has 112 valence electrons. The maximum Gasteiger partial charge on any atom is 0.338 e. The molecular weight excluding hydrogens is 274 g/mol. The van der Waals surface area contributed by atoms with Crippen molar-refractivity contribution >= 4 is 23.3 Å². The fourth-order valence-corrected chi connectivity index (χ4v) is 2.08. The maximum absolute atomic E-state index is 12.0. The summed E-state index contributed by atoms with van der Waals surface area (Å²) in [5, 5.41) is 0. The van der Waals surface area contributed by atoms with E-state index in [1.165, 1.54) is 12.0 Å². The molecule has 0 aliphatic carbocycles. The summed E-state index contributed by atoms with van der Waals surface area (Å²) in [5.41, 5.74) is 1.28. The second-order valence-corrected chi connectivity index (χ2v) is 4.45. The van der Waals surface area contributed by atoms with Gasteiger partial charge in [0.05, 0.1) is 25.0 Å². The Morgan fingerprint density at radius 1 is 1.43 bits per heavy atom. The Kier molecular flexibility index (Phi) is 4.16. The number of ether oxygens (including phenoxy) is 3. The highest BCUT2D eigenvalue weighted by atomic mass is 16.5. The molecule has 2 rings (SSSR count). The normalized spacial score (nSPS) is 13.3. The highest BCUT2D eigenvalue weighted by molar-refractivity contribution is 6.02. The van der Waals surface area contributed by atoms with Crippen molar-refractivity contribution in [2.75, 3.05) is 32.3 Å². The lowest BCUT2D eigenvalue weighted by molar-refractivity contribution is -0.120. The van der Waals surface area contributed by atoms with Crippen LogP contribution in [0.1, 0.15) is 22.8 Å². The van der Waals surface area contributed by atoms with E-state index < -0.39 is 5.97 Å². The Hall–Kier alpha value is -2.50. The van der Waals surface area contributed by atoms with E-state index in [9.17, 15) is 9.59 Å². The van der Waals surface area contributed by atoms with Gasteiger partial charge in [0.15, 0.2) is 6.61 Å². The number of rotatable bonds is 4. The Labute approximate surface area is 122 Å². The number of anilines is 1. The van der Waals surface area contributed by atoms with Crippen LogP contribution in [0.4, 0.5) is 5.69 Å². The van der Waals surface area contributed by atoms with Gasteiger partial charge in [0.1, 0.15) is 11.5 Å². The van der Waals surface area contributed by atoms with E-state index in [4.69, 9.17) is 14.2 Å². The van der Waals surface area contributed by atoms with E-state index >= 15 is 0 Å². The zero-order valence-electron chi connectivity index (χ0n) is 12.3. The first kappa shape index (κ1) is 14.9. The largest absolute Gasteiger partial charge is 0.494 e. The third kappa shape index (κ3) is 2.69. The predicted molar refractivity (Wildman–Crippen MR) is 77.3 cm³/mol. The van der Waals surface area contributed by atoms with E-state index in [1.54, 1.807) is 19.2 Å². The number of methoxy groups -OCH3 is 1. The minimum atomic E-state index is -0.528. The van der Waals surface area contributed by atoms with Crippen LogP contribution in [-0.4, -0.2) is 39.2 Å². The minimum Gasteiger partial charge on any atom is -0.494 e. The van der Waals surface area contributed by atoms with Crippen LogP contribution in [0.5, 0.6) is 5.75 Å². The number of esters is 1. The molecule has 0 fully saturated rings. The fraction of sp³-hybridized carbons (Fsp3) is 0.333. The van der Waals surface area contributed by atoms with Crippen molar-refractivity contribution in [2.45, 2.75) is 6.92 Å². The van der Waals surface area contributed by atoms with Crippen LogP contribution >= 0.6 is 0 Å². The Balaban J connectivity index is 2.57. The summed E-state index contributed by atoms with van der Waals surface area (Å²) in [6.07, 6.45) is 0. The molecule has 0 N–H and O–H groups in total. The van der Waals surface area contributed by atoms with E-state index in [2.05, 4.69) is 6.58 Å². The molecule has 0 bridgehead atoms. The van der Waals surface area contributed by atoms with Crippen LogP contribution in [-0.2, 0) is 14.3 Å². The molecule has 0 saturated heterocycles. The Morgan fingerprint density at radius 2 is 2.14 bits per heavy atom. The molecule has 1 aliphatic heterocycles. The van der Waals surface area contributed by atoms with Gasteiger partial charge in [-0.3, -0.25) is 4.79 Å². The molecule has 0 aromatic heterocycles. The van der Waals surface area contributed by atoms with Gasteiger partial charge < -0.3 is 19.1 Å². The molecule has 0 spiro atoms. The molecule has 1 aromatic carbocycles. The maximum atomic E-state index is 12.0. The van der Waals surface area contributed by atoms with Gasteiger partial charge in [-0.1, -0.05) is 6.58 Å². The number of nitrogens with zero attached hydrogens (tertiary/aromatic N) is 1. The predicted octanol–water partition coefficient (Wildman–Crippen LogP) is 1.84. The topological polar surface area (TPSA) is 65.1 Å². The molecule has 1 heterocycles. The van der Waals surface area contributed by atoms with Crippen LogP contribution < -0.4 is 9.64 Å². The molecule has 0 unspecified atom stereocenters. The van der Waals surface area contributed by atoms with E-state index in [0.717, 1.165) is 0 Å². The lowest BCUT2D eigenvalue weighted by Gasteiger charge is -2.27. The smallest absolute Gasteiger partial charge is 0.338 e. The summed E-state index contributed by atoms with van der Waals surface area (Å²) >= 11 is 0. The molecule has 6 heteroatoms. The van der Waals surface area contributed by atoms with Gasteiger partial charge in [0.2, 0.25) is 0 Å². The van der Waals surface area contributed by atoms with Gasteiger partial charge in [-0.15, -0.1) is 0 Å². The first-order chi connectivity index (χ1) is 9.99. The fourth-order valence-electron chi connectivity index (χ4n) is 2.08. The number of hydrogen-bond donors (Lipinski definition) is 0. The monoisotopic (exact) mass is 291 g/mol. The van der Waals surface area contributed by atoms with Crippen molar-refractivity contribution in [1.29, 1.82) is 0 Å². The van der Waals surface area contributed by atoms with Crippen molar-refractivity contribution in [3.63, 3.8) is 0 Å². The van der Waals surface area contributed by atoms with Gasteiger partial charge in [-0.2, -0.15) is 0 Å². The SMILES string of the molecule is C=C(OCC)c1cc2c(cc1C(=O)OC)N(C)C(=O)CO2. The van der Waals surface area contributed by atoms with Gasteiger partial charge >= 0.3 is 5.97 Å². The minimum absolute atomic E-state index is 0.0401. The van der Waals surface area contributed by atoms with Gasteiger partial charge in [0.25, 0.3) is 5.91 Å². The van der Waals surface area contributed by atoms with Gasteiger partial charge in [0, 0.05) is 12.6 Å². The van der Waals surface area contributed by atoms with Crippen LogP contribution in [0.2, 0.25) is 0 Å². The molecule has 1 amide bonds. The molecule has 0 saturated carbocycles. The van der Waals surface area contributed by atoms with Gasteiger partial charge in [-0.05, 0) is 19.1 Å². The molecule has 21 heavy (non-hydrogen) atoms. The van der Waals surface area contributed by atoms with E-state index in [1.807, 2.05) is 6.92 Å². The van der Waals surface area contributed by atoms with Crippen LogP contribution in [0, 0.1) is 0 Å². The molecule has 1 aromatic rings. The third-order valence-corrected chi connectivity index (χ3v) is 3.21. The molecule has 0 atom stereocenters. The third-order valence-electron chi connectivity index (χ3n) is 3.21. The number of amides is 1. The summed E-state index contributed by atoms with van der Waals surface area (Å²) in [6, 6.07) is 3.19. The summed E-state index contributed by atoms with van der Waals surface area (Å²) in [5.74, 6) is 0.138. The molecular formula is C15H17NO5. The number of carbonyl (C=O) groups is 2. The molecule has 0 radical (unpaired) electrons. The first-order valence-electron chi connectivity index (χ1n) is 6.47. The second-order valence-electron chi connectivity index (χ2n) is 4.45. The quantitative estimate of drug-likeness (QED) is 0.625. The lowest BCUT2D eigenvalue weighted by atomic mass is 10.0. The summed E-state index contributed by atoms with van der Waals surface area (Å²) < 4.78 is 15.5. The van der Waals surface area contributed by atoms with Crippen LogP contribution in [0.15, 0.2) is 18.7 Å². The van der Waals surface area contributed by atoms with E-state index in [0.29, 0.717) is 29.4 Å². The van der Waals surface area contributed by atoms with Crippen LogP contribution in [0.25, 0.3) is 5.76 Å². The van der Waals surface area contributed by atoms with Crippen molar-refractivity contribution in [1.82, 2.24) is 0 Å². The zero-order valence-corrected chi connectivity index (χ0v) is 12.3. The van der Waals surface area contributed by atoms with Crippen molar-refractivity contribution < 1.29 is 23.8 Å². The number of fused-ring (bicyclic) bond motifs is 1.